The number of carbonyl (C=O) groups is 1. The van der Waals surface area contributed by atoms with E-state index in [9.17, 15) is 18.0 Å². The summed E-state index contributed by atoms with van der Waals surface area (Å²) < 4.78 is 28.6. The molecular formula is C24H32N4O4S. The van der Waals surface area contributed by atoms with E-state index in [4.69, 9.17) is 0 Å². The number of likely N-dealkylation sites (tertiary alicyclic amines) is 1. The van der Waals surface area contributed by atoms with Gasteiger partial charge in [-0.1, -0.05) is 33.3 Å². The minimum absolute atomic E-state index is 0.0890. The number of unbranched alkanes of at least 4 members (excludes halogenated alkanes) is 1. The summed E-state index contributed by atoms with van der Waals surface area (Å²) in [6.45, 7) is 7.27. The first-order chi connectivity index (χ1) is 15.7. The monoisotopic (exact) mass is 472 g/mol. The number of hydrogen-bond donors (Lipinski definition) is 0. The molecule has 8 nitrogen and oxygen atoms in total. The van der Waals surface area contributed by atoms with E-state index in [0.717, 1.165) is 12.8 Å². The van der Waals surface area contributed by atoms with Crippen LogP contribution < -0.4 is 5.56 Å². The zero-order valence-corrected chi connectivity index (χ0v) is 20.3. The van der Waals surface area contributed by atoms with Crippen LogP contribution in [0.2, 0.25) is 0 Å². The molecule has 9 heteroatoms. The molecule has 0 spiro atoms. The standard InChI is InChI=1S/C24H32N4O4S/c1-4-5-11-27-20(15-19-22(27)25-21-8-6-7-12-28(21)23(19)29)24(30)26-13-9-18(10-14-26)33(31,32)16-17(2)3/h6-8,12,15,17-18H,4-5,9-11,13-14,16H2,1-3H3. The van der Waals surface area contributed by atoms with Gasteiger partial charge in [0.2, 0.25) is 0 Å². The van der Waals surface area contributed by atoms with E-state index in [0.29, 0.717) is 54.9 Å². The van der Waals surface area contributed by atoms with Gasteiger partial charge in [0.1, 0.15) is 17.0 Å². The van der Waals surface area contributed by atoms with Gasteiger partial charge in [-0.05, 0) is 43.4 Å². The lowest BCUT2D eigenvalue weighted by Gasteiger charge is -2.32. The molecule has 0 unspecified atom stereocenters. The predicted octanol–water partition coefficient (Wildman–Crippen LogP) is 3.12. The summed E-state index contributed by atoms with van der Waals surface area (Å²) in [7, 11) is -3.16. The van der Waals surface area contributed by atoms with Crippen molar-refractivity contribution in [2.24, 2.45) is 5.92 Å². The number of fused-ring (bicyclic) bond motifs is 2. The Hall–Kier alpha value is -2.68. The van der Waals surface area contributed by atoms with Gasteiger partial charge in [0.05, 0.1) is 16.4 Å². The molecule has 0 atom stereocenters. The fourth-order valence-corrected chi connectivity index (χ4v) is 6.78. The summed E-state index contributed by atoms with van der Waals surface area (Å²) >= 11 is 0. The van der Waals surface area contributed by atoms with Crippen molar-refractivity contribution in [2.75, 3.05) is 18.8 Å². The molecule has 0 saturated carbocycles. The second kappa shape index (κ2) is 9.29. The van der Waals surface area contributed by atoms with E-state index >= 15 is 0 Å². The van der Waals surface area contributed by atoms with Crippen molar-refractivity contribution in [2.45, 2.75) is 58.2 Å². The zero-order chi connectivity index (χ0) is 23.8. The largest absolute Gasteiger partial charge is 0.337 e. The summed E-state index contributed by atoms with van der Waals surface area (Å²) in [5, 5.41) is 0.0269. The van der Waals surface area contributed by atoms with Crippen LogP contribution in [0.25, 0.3) is 16.7 Å². The first-order valence-corrected chi connectivity index (χ1v) is 13.5. The van der Waals surface area contributed by atoms with Crippen molar-refractivity contribution in [3.05, 3.63) is 46.5 Å². The fraction of sp³-hybridized carbons (Fsp3) is 0.542. The van der Waals surface area contributed by atoms with E-state index in [1.807, 2.05) is 24.5 Å². The number of nitrogens with zero attached hydrogens (tertiary/aromatic N) is 4. The lowest BCUT2D eigenvalue weighted by molar-refractivity contribution is 0.0715. The number of aryl methyl sites for hydroxylation is 1. The number of piperidine rings is 1. The molecule has 0 N–H and O–H groups in total. The molecule has 0 aliphatic carbocycles. The number of carbonyl (C=O) groups excluding carboxylic acids is 1. The molecule has 1 amide bonds. The van der Waals surface area contributed by atoms with Crippen LogP contribution in [0.5, 0.6) is 0 Å². The van der Waals surface area contributed by atoms with Crippen LogP contribution >= 0.6 is 0 Å². The maximum Gasteiger partial charge on any atom is 0.270 e. The van der Waals surface area contributed by atoms with E-state index in [1.54, 1.807) is 29.3 Å². The van der Waals surface area contributed by atoms with Crippen LogP contribution in [0.4, 0.5) is 0 Å². The molecular weight excluding hydrogens is 440 g/mol. The van der Waals surface area contributed by atoms with Crippen molar-refractivity contribution in [3.8, 4) is 0 Å². The molecule has 4 rings (SSSR count). The van der Waals surface area contributed by atoms with E-state index in [2.05, 4.69) is 11.9 Å². The van der Waals surface area contributed by atoms with Gasteiger partial charge in [-0.15, -0.1) is 0 Å². The molecule has 0 radical (unpaired) electrons. The summed E-state index contributed by atoms with van der Waals surface area (Å²) in [5.41, 5.74) is 1.32. The van der Waals surface area contributed by atoms with Crippen LogP contribution in [0.1, 0.15) is 56.9 Å². The average Bonchev–Trinajstić information content (AvgIpc) is 3.15. The maximum atomic E-state index is 13.5. The average molecular weight is 473 g/mol. The molecule has 1 aliphatic rings. The Morgan fingerprint density at radius 2 is 1.94 bits per heavy atom. The minimum atomic E-state index is -3.16. The fourth-order valence-electron chi connectivity index (χ4n) is 4.65. The molecule has 33 heavy (non-hydrogen) atoms. The van der Waals surface area contributed by atoms with Gasteiger partial charge in [0, 0.05) is 25.8 Å². The highest BCUT2D eigenvalue weighted by atomic mass is 32.2. The van der Waals surface area contributed by atoms with Gasteiger partial charge in [-0.2, -0.15) is 0 Å². The summed E-state index contributed by atoms with van der Waals surface area (Å²) in [5.74, 6) is 0.100. The van der Waals surface area contributed by atoms with Crippen LogP contribution in [0.3, 0.4) is 0 Å². The molecule has 0 bridgehead atoms. The molecule has 178 valence electrons. The highest BCUT2D eigenvalue weighted by molar-refractivity contribution is 7.92. The van der Waals surface area contributed by atoms with Gasteiger partial charge in [-0.3, -0.25) is 14.0 Å². The molecule has 0 aromatic carbocycles. The summed E-state index contributed by atoms with van der Waals surface area (Å²) in [4.78, 5) is 33.0. The number of hydrogen-bond acceptors (Lipinski definition) is 5. The summed E-state index contributed by atoms with van der Waals surface area (Å²) in [6.07, 6.45) is 4.37. The Morgan fingerprint density at radius 1 is 1.21 bits per heavy atom. The smallest absolute Gasteiger partial charge is 0.270 e. The third-order valence-electron chi connectivity index (χ3n) is 6.33. The molecule has 1 saturated heterocycles. The Labute approximate surface area is 194 Å². The summed E-state index contributed by atoms with van der Waals surface area (Å²) in [6, 6.07) is 7.04. The molecule has 1 aliphatic heterocycles. The van der Waals surface area contributed by atoms with Crippen LogP contribution in [0.15, 0.2) is 35.3 Å². The number of rotatable bonds is 7. The van der Waals surface area contributed by atoms with Crippen LogP contribution in [-0.4, -0.2) is 57.3 Å². The number of pyridine rings is 1. The van der Waals surface area contributed by atoms with Gasteiger partial charge in [-0.25, -0.2) is 13.4 Å². The zero-order valence-electron chi connectivity index (χ0n) is 19.5. The second-order valence-electron chi connectivity index (χ2n) is 9.33. The predicted molar refractivity (Wildman–Crippen MR) is 129 cm³/mol. The topological polar surface area (TPSA) is 93.8 Å². The molecule has 3 aromatic rings. The van der Waals surface area contributed by atoms with Crippen molar-refractivity contribution in [3.63, 3.8) is 0 Å². The van der Waals surface area contributed by atoms with E-state index < -0.39 is 15.1 Å². The molecule has 4 heterocycles. The van der Waals surface area contributed by atoms with Crippen molar-refractivity contribution in [1.29, 1.82) is 0 Å². The first-order valence-electron chi connectivity index (χ1n) is 11.7. The Kier molecular flexibility index (Phi) is 6.61. The lowest BCUT2D eigenvalue weighted by atomic mass is 10.1. The molecule has 1 fully saturated rings. The number of sulfone groups is 1. The quantitative estimate of drug-likeness (QED) is 0.527. The highest BCUT2D eigenvalue weighted by Crippen LogP contribution is 2.24. The first kappa shape index (κ1) is 23.5. The van der Waals surface area contributed by atoms with E-state index in [-0.39, 0.29) is 23.1 Å². The van der Waals surface area contributed by atoms with Crippen molar-refractivity contribution in [1.82, 2.24) is 18.9 Å². The normalized spacial score (nSPS) is 15.7. The second-order valence-corrected chi connectivity index (χ2v) is 11.7. The Bertz CT molecular complexity index is 1330. The van der Waals surface area contributed by atoms with Gasteiger partial charge in [0.25, 0.3) is 11.5 Å². The lowest BCUT2D eigenvalue weighted by Crippen LogP contribution is -2.43. The Morgan fingerprint density at radius 3 is 2.61 bits per heavy atom. The Balaban J connectivity index is 1.66. The third kappa shape index (κ3) is 4.55. The SMILES string of the molecule is CCCCn1c(C(=O)N2CCC(S(=O)(=O)CC(C)C)CC2)cc2c(=O)n3ccccc3nc21. The van der Waals surface area contributed by atoms with Crippen molar-refractivity contribution < 1.29 is 13.2 Å². The number of aromatic nitrogens is 3. The molecule has 3 aromatic heterocycles. The van der Waals surface area contributed by atoms with E-state index in [1.165, 1.54) is 4.40 Å². The van der Waals surface area contributed by atoms with Crippen LogP contribution in [-0.2, 0) is 16.4 Å². The third-order valence-corrected chi connectivity index (χ3v) is 8.95. The van der Waals surface area contributed by atoms with Gasteiger partial charge in [0.15, 0.2) is 9.84 Å². The van der Waals surface area contributed by atoms with Gasteiger partial charge < -0.3 is 9.47 Å². The maximum absolute atomic E-state index is 13.5. The highest BCUT2D eigenvalue weighted by Gasteiger charge is 2.33. The number of amides is 1. The van der Waals surface area contributed by atoms with Crippen molar-refractivity contribution >= 4 is 32.4 Å². The van der Waals surface area contributed by atoms with Gasteiger partial charge >= 0.3 is 0 Å². The minimum Gasteiger partial charge on any atom is -0.337 e. The van der Waals surface area contributed by atoms with Crippen LogP contribution in [0, 0.1) is 5.92 Å².